The molecule has 0 aliphatic carbocycles. The molecule has 0 aliphatic rings. The van der Waals surface area contributed by atoms with Crippen molar-refractivity contribution >= 4 is 5.65 Å². The minimum atomic E-state index is -0.880. The third-order valence-electron chi connectivity index (χ3n) is 5.20. The highest BCUT2D eigenvalue weighted by molar-refractivity contribution is 5.64. The predicted molar refractivity (Wildman–Crippen MR) is 118 cm³/mol. The number of rotatable bonds is 2. The number of hydrogen-bond donors (Lipinski definition) is 1. The van der Waals surface area contributed by atoms with Crippen LogP contribution in [-0.4, -0.2) is 14.5 Å². The van der Waals surface area contributed by atoms with E-state index in [0.717, 1.165) is 33.6 Å². The van der Waals surface area contributed by atoms with Crippen molar-refractivity contribution in [2.75, 3.05) is 0 Å². The van der Waals surface area contributed by atoms with Gasteiger partial charge in [-0.15, -0.1) is 0 Å². The quantitative estimate of drug-likeness (QED) is 0.483. The molecular weight excluding hydrogens is 356 g/mol. The summed E-state index contributed by atoms with van der Waals surface area (Å²) >= 11 is 0. The van der Waals surface area contributed by atoms with Crippen LogP contribution in [0.2, 0.25) is 0 Å². The Kier molecular flexibility index (Phi) is 4.74. The van der Waals surface area contributed by atoms with Gasteiger partial charge in [-0.3, -0.25) is 0 Å². The minimum absolute atomic E-state index is 0.853. The van der Waals surface area contributed by atoms with E-state index in [1.165, 1.54) is 11.1 Å². The van der Waals surface area contributed by atoms with Gasteiger partial charge in [-0.05, 0) is 74.7 Å². The minimum Gasteiger partial charge on any atom is -0.386 e. The van der Waals surface area contributed by atoms with Crippen molar-refractivity contribution in [3.63, 3.8) is 0 Å². The Balaban J connectivity index is 1.59. The van der Waals surface area contributed by atoms with E-state index in [0.29, 0.717) is 0 Å². The first kappa shape index (κ1) is 19.0. The summed E-state index contributed by atoms with van der Waals surface area (Å²) in [4.78, 5) is 4.69. The molecule has 3 nitrogen and oxygen atoms in total. The van der Waals surface area contributed by atoms with Crippen LogP contribution in [0.5, 0.6) is 0 Å². The van der Waals surface area contributed by atoms with Crippen molar-refractivity contribution < 1.29 is 5.11 Å². The monoisotopic (exact) mass is 380 g/mol. The summed E-state index contributed by atoms with van der Waals surface area (Å²) < 4.78 is 1.95. The zero-order valence-electron chi connectivity index (χ0n) is 17.2. The molecule has 3 heteroatoms. The van der Waals surface area contributed by atoms with Crippen LogP contribution in [0.4, 0.5) is 0 Å². The van der Waals surface area contributed by atoms with Gasteiger partial charge >= 0.3 is 0 Å². The molecule has 0 bridgehead atoms. The van der Waals surface area contributed by atoms with E-state index >= 15 is 0 Å². The molecule has 0 fully saturated rings. The van der Waals surface area contributed by atoms with Crippen LogP contribution in [0.25, 0.3) is 16.9 Å². The van der Waals surface area contributed by atoms with Gasteiger partial charge in [0, 0.05) is 29.1 Å². The Hall–Kier alpha value is -3.35. The molecule has 0 radical (unpaired) electrons. The van der Waals surface area contributed by atoms with Crippen LogP contribution < -0.4 is 0 Å². The molecule has 2 aromatic heterocycles. The van der Waals surface area contributed by atoms with Gasteiger partial charge in [0.25, 0.3) is 0 Å². The number of nitrogens with zero attached hydrogens (tertiary/aromatic N) is 2. The summed E-state index contributed by atoms with van der Waals surface area (Å²) in [6.07, 6.45) is 3.91. The Bertz CT molecular complexity index is 1250. The van der Waals surface area contributed by atoms with Crippen molar-refractivity contribution in [1.29, 1.82) is 0 Å². The van der Waals surface area contributed by atoms with Crippen molar-refractivity contribution in [3.8, 4) is 23.1 Å². The summed E-state index contributed by atoms with van der Waals surface area (Å²) in [5.74, 6) is 6.47. The lowest BCUT2D eigenvalue weighted by atomic mass is 10.0. The average molecular weight is 380 g/mol. The highest BCUT2D eigenvalue weighted by Crippen LogP contribution is 2.23. The van der Waals surface area contributed by atoms with Gasteiger partial charge in [-0.1, -0.05) is 36.1 Å². The van der Waals surface area contributed by atoms with Crippen LogP contribution in [0.15, 0.2) is 67.0 Å². The fourth-order valence-electron chi connectivity index (χ4n) is 3.18. The largest absolute Gasteiger partial charge is 0.386 e. The molecule has 29 heavy (non-hydrogen) atoms. The maximum atomic E-state index is 10.2. The van der Waals surface area contributed by atoms with E-state index in [1.807, 2.05) is 53.2 Å². The third kappa shape index (κ3) is 4.08. The second kappa shape index (κ2) is 7.24. The Morgan fingerprint density at radius 3 is 2.21 bits per heavy atom. The summed E-state index contributed by atoms with van der Waals surface area (Å²) in [6, 6.07) is 18.3. The number of hydrogen-bond acceptors (Lipinski definition) is 2. The first-order valence-corrected chi connectivity index (χ1v) is 9.71. The van der Waals surface area contributed by atoms with Crippen LogP contribution >= 0.6 is 0 Å². The molecule has 0 atom stereocenters. The van der Waals surface area contributed by atoms with Gasteiger partial charge in [0.2, 0.25) is 0 Å². The Morgan fingerprint density at radius 1 is 0.828 bits per heavy atom. The van der Waals surface area contributed by atoms with Gasteiger partial charge in [-0.2, -0.15) is 0 Å². The van der Waals surface area contributed by atoms with Crippen LogP contribution in [0.1, 0.15) is 41.7 Å². The van der Waals surface area contributed by atoms with Gasteiger partial charge in [-0.25, -0.2) is 4.98 Å². The van der Waals surface area contributed by atoms with E-state index in [9.17, 15) is 5.11 Å². The first-order valence-electron chi connectivity index (χ1n) is 9.71. The molecule has 0 saturated heterocycles. The lowest BCUT2D eigenvalue weighted by Crippen LogP contribution is -2.15. The van der Waals surface area contributed by atoms with E-state index < -0.39 is 5.60 Å². The van der Waals surface area contributed by atoms with Gasteiger partial charge in [0.05, 0.1) is 11.3 Å². The SMILES string of the molecule is Cc1ccc(C#Cc2ccc(-c3cn4cc(C(C)(C)O)ccc4n3)cc2)cc1C. The second-order valence-corrected chi connectivity index (χ2v) is 7.99. The zero-order valence-corrected chi connectivity index (χ0v) is 17.2. The lowest BCUT2D eigenvalue weighted by molar-refractivity contribution is 0.0781. The number of pyridine rings is 1. The summed E-state index contributed by atoms with van der Waals surface area (Å²) in [6.45, 7) is 7.78. The van der Waals surface area contributed by atoms with Crippen LogP contribution in [0.3, 0.4) is 0 Å². The normalized spacial score (nSPS) is 11.3. The Morgan fingerprint density at radius 2 is 1.52 bits per heavy atom. The molecule has 2 aromatic carbocycles. The van der Waals surface area contributed by atoms with Gasteiger partial charge < -0.3 is 9.51 Å². The molecule has 1 N–H and O–H groups in total. The molecule has 0 amide bonds. The fraction of sp³-hybridized carbons (Fsp3) is 0.192. The third-order valence-corrected chi connectivity index (χ3v) is 5.20. The number of fused-ring (bicyclic) bond motifs is 1. The van der Waals surface area contributed by atoms with Crippen LogP contribution in [-0.2, 0) is 5.60 Å². The maximum Gasteiger partial charge on any atom is 0.137 e. The van der Waals surface area contributed by atoms with Crippen molar-refractivity contribution in [1.82, 2.24) is 9.38 Å². The molecule has 144 valence electrons. The first-order chi connectivity index (χ1) is 13.8. The molecule has 2 heterocycles. The van der Waals surface area contributed by atoms with E-state index in [-0.39, 0.29) is 0 Å². The molecular formula is C26H24N2O. The van der Waals surface area contributed by atoms with Crippen molar-refractivity contribution in [3.05, 3.63) is 94.8 Å². The fourth-order valence-corrected chi connectivity index (χ4v) is 3.18. The number of benzene rings is 2. The van der Waals surface area contributed by atoms with E-state index in [1.54, 1.807) is 13.8 Å². The standard InChI is InChI=1S/C26H24N2O/c1-18-5-6-21(15-19(18)2)8-7-20-9-11-22(12-10-20)24-17-28-16-23(26(3,4)29)13-14-25(28)27-24/h5-6,9-17,29H,1-4H3. The lowest BCUT2D eigenvalue weighted by Gasteiger charge is -2.17. The van der Waals surface area contributed by atoms with E-state index in [2.05, 4.69) is 43.9 Å². The number of aliphatic hydroxyl groups is 1. The van der Waals surface area contributed by atoms with Gasteiger partial charge in [0.1, 0.15) is 5.65 Å². The summed E-state index contributed by atoms with van der Waals surface area (Å²) in [7, 11) is 0. The van der Waals surface area contributed by atoms with E-state index in [4.69, 9.17) is 4.98 Å². The molecule has 0 saturated carbocycles. The molecule has 0 aliphatic heterocycles. The predicted octanol–water partition coefficient (Wildman–Crippen LogP) is 5.25. The molecule has 4 rings (SSSR count). The highest BCUT2D eigenvalue weighted by atomic mass is 16.3. The average Bonchev–Trinajstić information content (AvgIpc) is 3.12. The highest BCUT2D eigenvalue weighted by Gasteiger charge is 2.16. The topological polar surface area (TPSA) is 37.5 Å². The summed E-state index contributed by atoms with van der Waals surface area (Å²) in [5, 5.41) is 10.2. The Labute approximate surface area is 171 Å². The zero-order chi connectivity index (χ0) is 20.6. The van der Waals surface area contributed by atoms with Crippen molar-refractivity contribution in [2.24, 2.45) is 0 Å². The molecule has 4 aromatic rings. The molecule has 0 unspecified atom stereocenters. The van der Waals surface area contributed by atoms with Crippen LogP contribution in [0, 0.1) is 25.7 Å². The maximum absolute atomic E-state index is 10.2. The number of aryl methyl sites for hydroxylation is 2. The molecule has 0 spiro atoms. The summed E-state index contributed by atoms with van der Waals surface area (Å²) in [5.41, 5.74) is 7.29. The smallest absolute Gasteiger partial charge is 0.137 e. The second-order valence-electron chi connectivity index (χ2n) is 7.99. The van der Waals surface area contributed by atoms with Crippen molar-refractivity contribution in [2.45, 2.75) is 33.3 Å². The number of imidazole rings is 1. The number of aromatic nitrogens is 2. The van der Waals surface area contributed by atoms with Gasteiger partial charge in [0.15, 0.2) is 0 Å².